The summed E-state index contributed by atoms with van der Waals surface area (Å²) in [5, 5.41) is 6.63. The van der Waals surface area contributed by atoms with E-state index < -0.39 is 0 Å². The molecule has 0 radical (unpaired) electrons. The third-order valence-electron chi connectivity index (χ3n) is 3.46. The quantitative estimate of drug-likeness (QED) is 0.236. The van der Waals surface area contributed by atoms with Crippen molar-refractivity contribution in [2.24, 2.45) is 10.9 Å². The fourth-order valence-corrected chi connectivity index (χ4v) is 2.51. The van der Waals surface area contributed by atoms with Crippen LogP contribution < -0.4 is 10.6 Å². The second-order valence-electron chi connectivity index (χ2n) is 5.62. The second kappa shape index (κ2) is 12.1. The summed E-state index contributed by atoms with van der Waals surface area (Å²) in [5.41, 5.74) is 1.19. The minimum absolute atomic E-state index is 0. The lowest BCUT2D eigenvalue weighted by atomic mass is 10.2. The Morgan fingerprint density at radius 1 is 1.35 bits per heavy atom. The maximum atomic E-state index is 5.64. The first kappa shape index (κ1) is 20.7. The largest absolute Gasteiger partial charge is 0.381 e. The van der Waals surface area contributed by atoms with Crippen LogP contribution in [0.3, 0.4) is 0 Å². The highest BCUT2D eigenvalue weighted by Crippen LogP contribution is 2.28. The molecular weight excluding hydrogens is 469 g/mol. The lowest BCUT2D eigenvalue weighted by Crippen LogP contribution is -2.38. The van der Waals surface area contributed by atoms with Gasteiger partial charge in [0, 0.05) is 30.8 Å². The van der Waals surface area contributed by atoms with Gasteiger partial charge in [0.1, 0.15) is 0 Å². The smallest absolute Gasteiger partial charge is 0.191 e. The monoisotopic (exact) mass is 495 g/mol. The van der Waals surface area contributed by atoms with Crippen molar-refractivity contribution in [2.75, 3.05) is 26.3 Å². The average molecular weight is 496 g/mol. The molecule has 23 heavy (non-hydrogen) atoms. The van der Waals surface area contributed by atoms with E-state index in [1.165, 1.54) is 18.4 Å². The summed E-state index contributed by atoms with van der Waals surface area (Å²) in [4.78, 5) is 4.61. The summed E-state index contributed by atoms with van der Waals surface area (Å²) in [6.45, 7) is 6.27. The van der Waals surface area contributed by atoms with Gasteiger partial charge in [-0.1, -0.05) is 28.1 Å². The Morgan fingerprint density at radius 3 is 2.87 bits per heavy atom. The molecule has 0 heterocycles. The molecule has 4 nitrogen and oxygen atoms in total. The minimum Gasteiger partial charge on any atom is -0.381 e. The first-order valence-corrected chi connectivity index (χ1v) is 8.91. The predicted octanol–water partition coefficient (Wildman–Crippen LogP) is 3.94. The summed E-state index contributed by atoms with van der Waals surface area (Å²) >= 11 is 3.49. The molecule has 1 aliphatic carbocycles. The number of aliphatic imine (C=N–C) groups is 1. The van der Waals surface area contributed by atoms with Gasteiger partial charge in [0.15, 0.2) is 5.96 Å². The van der Waals surface area contributed by atoms with Crippen LogP contribution >= 0.6 is 39.9 Å². The normalized spacial score (nSPS) is 14.3. The van der Waals surface area contributed by atoms with Crippen molar-refractivity contribution in [3.8, 4) is 0 Å². The van der Waals surface area contributed by atoms with Crippen LogP contribution in [0.1, 0.15) is 31.7 Å². The Bertz CT molecular complexity index is 481. The fraction of sp³-hybridized carbons (Fsp3) is 0.588. The Hall–Kier alpha value is -0.340. The summed E-state index contributed by atoms with van der Waals surface area (Å²) in [7, 11) is 0. The zero-order valence-corrected chi connectivity index (χ0v) is 17.6. The minimum atomic E-state index is 0. The predicted molar refractivity (Wildman–Crippen MR) is 111 cm³/mol. The number of nitrogens with zero attached hydrogens (tertiary/aromatic N) is 1. The second-order valence-corrected chi connectivity index (χ2v) is 6.54. The van der Waals surface area contributed by atoms with Gasteiger partial charge in [0.25, 0.3) is 0 Å². The molecule has 2 rings (SSSR count). The van der Waals surface area contributed by atoms with E-state index in [4.69, 9.17) is 4.74 Å². The van der Waals surface area contributed by atoms with Crippen molar-refractivity contribution in [3.63, 3.8) is 0 Å². The summed E-state index contributed by atoms with van der Waals surface area (Å²) < 4.78 is 6.73. The number of benzene rings is 1. The topological polar surface area (TPSA) is 45.7 Å². The molecule has 6 heteroatoms. The van der Waals surface area contributed by atoms with Crippen LogP contribution in [0.15, 0.2) is 33.7 Å². The van der Waals surface area contributed by atoms with E-state index in [9.17, 15) is 0 Å². The highest BCUT2D eigenvalue weighted by atomic mass is 127. The van der Waals surface area contributed by atoms with Gasteiger partial charge < -0.3 is 15.4 Å². The van der Waals surface area contributed by atoms with E-state index >= 15 is 0 Å². The van der Waals surface area contributed by atoms with Gasteiger partial charge in [-0.2, -0.15) is 0 Å². The fourth-order valence-electron chi connectivity index (χ4n) is 2.06. The van der Waals surface area contributed by atoms with Gasteiger partial charge in [-0.15, -0.1) is 24.0 Å². The summed E-state index contributed by atoms with van der Waals surface area (Å²) in [5.74, 6) is 1.71. The Morgan fingerprint density at radius 2 is 2.17 bits per heavy atom. The molecule has 1 aliphatic rings. The van der Waals surface area contributed by atoms with E-state index in [0.29, 0.717) is 6.54 Å². The summed E-state index contributed by atoms with van der Waals surface area (Å²) in [6.07, 6.45) is 3.71. The van der Waals surface area contributed by atoms with E-state index in [2.05, 4.69) is 50.6 Å². The number of halogens is 2. The van der Waals surface area contributed by atoms with Gasteiger partial charge in [-0.05, 0) is 49.8 Å². The van der Waals surface area contributed by atoms with Gasteiger partial charge in [-0.25, -0.2) is 4.99 Å². The van der Waals surface area contributed by atoms with Crippen LogP contribution in [0.2, 0.25) is 0 Å². The molecule has 1 saturated carbocycles. The van der Waals surface area contributed by atoms with Crippen LogP contribution in [-0.4, -0.2) is 32.3 Å². The molecule has 0 amide bonds. The Kier molecular flexibility index (Phi) is 10.9. The zero-order valence-electron chi connectivity index (χ0n) is 13.7. The lowest BCUT2D eigenvalue weighted by Gasteiger charge is -2.11. The van der Waals surface area contributed by atoms with E-state index in [0.717, 1.165) is 49.1 Å². The van der Waals surface area contributed by atoms with Crippen molar-refractivity contribution >= 4 is 45.9 Å². The average Bonchev–Trinajstić information content (AvgIpc) is 3.32. The van der Waals surface area contributed by atoms with Crippen molar-refractivity contribution in [1.29, 1.82) is 0 Å². The van der Waals surface area contributed by atoms with Crippen molar-refractivity contribution in [3.05, 3.63) is 34.3 Å². The van der Waals surface area contributed by atoms with E-state index in [1.807, 2.05) is 12.1 Å². The SMILES string of the molecule is CCNC(=NCc1cccc(Br)c1)NCCCOCC1CC1.I. The number of guanidine groups is 1. The van der Waals surface area contributed by atoms with E-state index in [1.54, 1.807) is 0 Å². The molecule has 130 valence electrons. The van der Waals surface area contributed by atoms with Crippen LogP contribution in [0.25, 0.3) is 0 Å². The molecule has 0 aromatic heterocycles. The molecule has 1 aromatic carbocycles. The van der Waals surface area contributed by atoms with Crippen molar-refractivity contribution < 1.29 is 4.74 Å². The first-order chi connectivity index (χ1) is 10.8. The Labute approximate surface area is 165 Å². The molecule has 0 bridgehead atoms. The van der Waals surface area contributed by atoms with Crippen LogP contribution in [0, 0.1) is 5.92 Å². The number of hydrogen-bond acceptors (Lipinski definition) is 2. The van der Waals surface area contributed by atoms with Crippen LogP contribution in [-0.2, 0) is 11.3 Å². The highest BCUT2D eigenvalue weighted by Gasteiger charge is 2.20. The van der Waals surface area contributed by atoms with Crippen molar-refractivity contribution in [1.82, 2.24) is 10.6 Å². The van der Waals surface area contributed by atoms with Gasteiger partial charge in [0.2, 0.25) is 0 Å². The van der Waals surface area contributed by atoms with Gasteiger partial charge >= 0.3 is 0 Å². The molecule has 0 spiro atoms. The maximum Gasteiger partial charge on any atom is 0.191 e. The molecule has 1 aromatic rings. The lowest BCUT2D eigenvalue weighted by molar-refractivity contribution is 0.123. The zero-order chi connectivity index (χ0) is 15.6. The van der Waals surface area contributed by atoms with Crippen LogP contribution in [0.5, 0.6) is 0 Å². The van der Waals surface area contributed by atoms with Crippen molar-refractivity contribution in [2.45, 2.75) is 32.7 Å². The molecule has 0 aliphatic heterocycles. The molecule has 1 fully saturated rings. The molecule has 0 atom stereocenters. The standard InChI is InChI=1S/C17H26BrN3O.HI/c1-2-19-17(20-9-4-10-22-13-14-7-8-14)21-12-15-5-3-6-16(18)11-15;/h3,5-6,11,14H,2,4,7-10,12-13H2,1H3,(H2,19,20,21);1H. The summed E-state index contributed by atoms with van der Waals surface area (Å²) in [6, 6.07) is 8.24. The first-order valence-electron chi connectivity index (χ1n) is 8.12. The highest BCUT2D eigenvalue weighted by molar-refractivity contribution is 14.0. The molecule has 0 saturated heterocycles. The molecule has 2 N–H and O–H groups in total. The number of hydrogen-bond donors (Lipinski definition) is 2. The van der Waals surface area contributed by atoms with Gasteiger partial charge in [0.05, 0.1) is 6.54 Å². The van der Waals surface area contributed by atoms with E-state index in [-0.39, 0.29) is 24.0 Å². The van der Waals surface area contributed by atoms with Crippen LogP contribution in [0.4, 0.5) is 0 Å². The molecule has 0 unspecified atom stereocenters. The number of rotatable bonds is 9. The number of nitrogens with one attached hydrogen (secondary N) is 2. The third kappa shape index (κ3) is 9.52. The third-order valence-corrected chi connectivity index (χ3v) is 3.95. The maximum absolute atomic E-state index is 5.64. The van der Waals surface area contributed by atoms with Gasteiger partial charge in [-0.3, -0.25) is 0 Å². The molecular formula is C17H27BrIN3O. The Balaban J connectivity index is 0.00000264. The number of ether oxygens (including phenoxy) is 1.